The molecule has 6 heteroatoms. The van der Waals surface area contributed by atoms with Gasteiger partial charge in [0, 0.05) is 31.7 Å². The zero-order valence-corrected chi connectivity index (χ0v) is 16.9. The number of hydrogen-bond donors (Lipinski definition) is 1. The molecule has 0 unspecified atom stereocenters. The summed E-state index contributed by atoms with van der Waals surface area (Å²) in [6.45, 7) is 1.55. The van der Waals surface area contributed by atoms with E-state index in [1.54, 1.807) is 6.07 Å². The van der Waals surface area contributed by atoms with Gasteiger partial charge in [0.2, 0.25) is 5.91 Å². The summed E-state index contributed by atoms with van der Waals surface area (Å²) < 4.78 is 0. The second-order valence-corrected chi connectivity index (χ2v) is 7.97. The molecule has 4 rings (SSSR count). The minimum absolute atomic E-state index is 0.0970. The molecule has 28 heavy (non-hydrogen) atoms. The Morgan fingerprint density at radius 2 is 1.93 bits per heavy atom. The van der Waals surface area contributed by atoms with Gasteiger partial charge in [-0.15, -0.1) is 0 Å². The summed E-state index contributed by atoms with van der Waals surface area (Å²) in [7, 11) is 0. The number of nitrogens with zero attached hydrogens (tertiary/aromatic N) is 2. The molecule has 4 nitrogen and oxygen atoms in total. The molecule has 0 bridgehead atoms. The number of benzene rings is 2. The Balaban J connectivity index is 1.41. The number of nitrogens with one attached hydrogen (secondary N) is 1. The summed E-state index contributed by atoms with van der Waals surface area (Å²) in [6.07, 6.45) is 4.25. The number of carbonyl (C=O) groups excluding carboxylic acids is 1. The van der Waals surface area contributed by atoms with Crippen LogP contribution < -0.4 is 5.32 Å². The SMILES string of the molecule is O=C(CCN(Cc1cccc2ccccc12)C1CC1)Nc1ncc(Cl)cc1Cl. The van der Waals surface area contributed by atoms with E-state index in [0.717, 1.165) is 6.54 Å². The fourth-order valence-corrected chi connectivity index (χ4v) is 3.85. The molecule has 1 heterocycles. The molecule has 1 N–H and O–H groups in total. The van der Waals surface area contributed by atoms with Crippen LogP contribution in [0.4, 0.5) is 5.82 Å². The van der Waals surface area contributed by atoms with E-state index < -0.39 is 0 Å². The van der Waals surface area contributed by atoms with Crippen LogP contribution in [0, 0.1) is 0 Å². The van der Waals surface area contributed by atoms with Crippen molar-refractivity contribution in [1.29, 1.82) is 0 Å². The molecule has 1 aliphatic rings. The number of halogens is 2. The lowest BCUT2D eigenvalue weighted by atomic mass is 10.0. The third-order valence-electron chi connectivity index (χ3n) is 5.01. The lowest BCUT2D eigenvalue weighted by Gasteiger charge is -2.22. The van der Waals surface area contributed by atoms with E-state index in [1.807, 2.05) is 0 Å². The van der Waals surface area contributed by atoms with E-state index in [1.165, 1.54) is 35.4 Å². The van der Waals surface area contributed by atoms with Gasteiger partial charge in [0.15, 0.2) is 5.82 Å². The number of amides is 1. The first kappa shape index (κ1) is 19.2. The van der Waals surface area contributed by atoms with E-state index in [4.69, 9.17) is 23.2 Å². The van der Waals surface area contributed by atoms with Crippen LogP contribution in [0.5, 0.6) is 0 Å². The van der Waals surface area contributed by atoms with Crippen molar-refractivity contribution in [2.45, 2.75) is 31.8 Å². The standard InChI is InChI=1S/C22H21Cl2N3O/c23-17-12-20(24)22(25-13-17)26-21(28)10-11-27(18-8-9-18)14-16-6-3-5-15-4-1-2-7-19(15)16/h1-7,12-13,18H,8-11,14H2,(H,25,26,28). The second kappa shape index (κ2) is 8.48. The second-order valence-electron chi connectivity index (χ2n) is 7.12. The van der Waals surface area contributed by atoms with Crippen molar-refractivity contribution in [3.05, 3.63) is 70.3 Å². The minimum Gasteiger partial charge on any atom is -0.309 e. The highest BCUT2D eigenvalue weighted by Gasteiger charge is 2.29. The van der Waals surface area contributed by atoms with Crippen molar-refractivity contribution in [3.63, 3.8) is 0 Å². The highest BCUT2D eigenvalue weighted by Crippen LogP contribution is 2.30. The van der Waals surface area contributed by atoms with Crippen molar-refractivity contribution in [2.75, 3.05) is 11.9 Å². The van der Waals surface area contributed by atoms with E-state index in [0.29, 0.717) is 34.9 Å². The summed E-state index contributed by atoms with van der Waals surface area (Å²) in [5.41, 5.74) is 1.30. The summed E-state index contributed by atoms with van der Waals surface area (Å²) in [4.78, 5) is 18.9. The number of rotatable bonds is 7. The van der Waals surface area contributed by atoms with E-state index in [2.05, 4.69) is 57.7 Å². The molecule has 0 radical (unpaired) electrons. The third-order valence-corrected chi connectivity index (χ3v) is 5.50. The monoisotopic (exact) mass is 413 g/mol. The van der Waals surface area contributed by atoms with Crippen LogP contribution in [0.2, 0.25) is 10.0 Å². The number of aromatic nitrogens is 1. The number of anilines is 1. The average Bonchev–Trinajstić information content (AvgIpc) is 3.53. The number of pyridine rings is 1. The van der Waals surface area contributed by atoms with E-state index >= 15 is 0 Å². The molecule has 1 saturated carbocycles. The summed E-state index contributed by atoms with van der Waals surface area (Å²) in [5.74, 6) is 0.253. The van der Waals surface area contributed by atoms with Crippen LogP contribution in [0.1, 0.15) is 24.8 Å². The molecule has 0 spiro atoms. The maximum absolute atomic E-state index is 12.4. The van der Waals surface area contributed by atoms with Gasteiger partial charge >= 0.3 is 0 Å². The number of hydrogen-bond acceptors (Lipinski definition) is 3. The number of fused-ring (bicyclic) bond motifs is 1. The molecule has 3 aromatic rings. The van der Waals surface area contributed by atoms with Crippen molar-refractivity contribution in [1.82, 2.24) is 9.88 Å². The van der Waals surface area contributed by atoms with Crippen LogP contribution in [-0.4, -0.2) is 28.4 Å². The lowest BCUT2D eigenvalue weighted by Crippen LogP contribution is -2.29. The predicted molar refractivity (Wildman–Crippen MR) is 115 cm³/mol. The highest BCUT2D eigenvalue weighted by molar-refractivity contribution is 6.36. The van der Waals surface area contributed by atoms with Gasteiger partial charge in [-0.1, -0.05) is 65.7 Å². The largest absolute Gasteiger partial charge is 0.309 e. The fraction of sp³-hybridized carbons (Fsp3) is 0.273. The van der Waals surface area contributed by atoms with E-state index in [9.17, 15) is 4.79 Å². The summed E-state index contributed by atoms with van der Waals surface area (Å²) in [5, 5.41) is 6.09. The topological polar surface area (TPSA) is 45.2 Å². The fourth-order valence-electron chi connectivity index (χ4n) is 3.43. The van der Waals surface area contributed by atoms with Crippen LogP contribution in [0.3, 0.4) is 0 Å². The average molecular weight is 414 g/mol. The van der Waals surface area contributed by atoms with Crippen molar-refractivity contribution < 1.29 is 4.79 Å². The van der Waals surface area contributed by atoms with Crippen molar-refractivity contribution in [3.8, 4) is 0 Å². The van der Waals surface area contributed by atoms with Crippen LogP contribution >= 0.6 is 23.2 Å². The Kier molecular flexibility index (Phi) is 5.81. The molecule has 144 valence electrons. The first-order valence-electron chi connectivity index (χ1n) is 9.42. The third kappa shape index (κ3) is 4.64. The van der Waals surface area contributed by atoms with Gasteiger partial charge in [-0.25, -0.2) is 4.98 Å². The Labute approximate surface area is 174 Å². The van der Waals surface area contributed by atoms with Gasteiger partial charge < -0.3 is 5.32 Å². The Bertz CT molecular complexity index is 999. The Hall–Kier alpha value is -2.14. The quantitative estimate of drug-likeness (QED) is 0.553. The zero-order chi connectivity index (χ0) is 19.5. The highest BCUT2D eigenvalue weighted by atomic mass is 35.5. The first-order chi connectivity index (χ1) is 13.6. The maximum Gasteiger partial charge on any atom is 0.226 e. The van der Waals surface area contributed by atoms with Crippen LogP contribution in [0.15, 0.2) is 54.7 Å². The Morgan fingerprint density at radius 1 is 1.14 bits per heavy atom. The summed E-state index contributed by atoms with van der Waals surface area (Å²) >= 11 is 11.9. The molecule has 0 saturated heterocycles. The lowest BCUT2D eigenvalue weighted by molar-refractivity contribution is -0.116. The molecule has 1 aromatic heterocycles. The molecular formula is C22H21Cl2N3O. The molecule has 1 aliphatic carbocycles. The van der Waals surface area contributed by atoms with Gasteiger partial charge in [0.25, 0.3) is 0 Å². The van der Waals surface area contributed by atoms with E-state index in [-0.39, 0.29) is 5.91 Å². The van der Waals surface area contributed by atoms with Gasteiger partial charge in [-0.3, -0.25) is 9.69 Å². The molecule has 0 aliphatic heterocycles. The molecule has 0 atom stereocenters. The van der Waals surface area contributed by atoms with Crippen molar-refractivity contribution >= 4 is 45.7 Å². The zero-order valence-electron chi connectivity index (χ0n) is 15.4. The van der Waals surface area contributed by atoms with Gasteiger partial charge in [0.05, 0.1) is 10.0 Å². The first-order valence-corrected chi connectivity index (χ1v) is 10.2. The van der Waals surface area contributed by atoms with Crippen LogP contribution in [0.25, 0.3) is 10.8 Å². The number of carbonyl (C=O) groups is 1. The van der Waals surface area contributed by atoms with Gasteiger partial charge in [-0.2, -0.15) is 0 Å². The normalized spacial score (nSPS) is 13.8. The molecule has 1 fully saturated rings. The molecule has 2 aromatic carbocycles. The smallest absolute Gasteiger partial charge is 0.226 e. The Morgan fingerprint density at radius 3 is 2.71 bits per heavy atom. The summed E-state index contributed by atoms with van der Waals surface area (Å²) in [6, 6.07) is 17.0. The maximum atomic E-state index is 12.4. The predicted octanol–water partition coefficient (Wildman–Crippen LogP) is 5.53. The van der Waals surface area contributed by atoms with Crippen molar-refractivity contribution in [2.24, 2.45) is 0 Å². The van der Waals surface area contributed by atoms with Crippen LogP contribution in [-0.2, 0) is 11.3 Å². The van der Waals surface area contributed by atoms with Gasteiger partial charge in [0.1, 0.15) is 0 Å². The minimum atomic E-state index is -0.0970. The van der Waals surface area contributed by atoms with Gasteiger partial charge in [-0.05, 0) is 35.2 Å². The molecule has 1 amide bonds. The molecular weight excluding hydrogens is 393 g/mol.